The molecule has 0 aliphatic heterocycles. The summed E-state index contributed by atoms with van der Waals surface area (Å²) in [7, 11) is 0. The summed E-state index contributed by atoms with van der Waals surface area (Å²) in [5, 5.41) is 0. The Hall–Kier alpha value is -2.25. The van der Waals surface area contributed by atoms with Crippen molar-refractivity contribution in [3.05, 3.63) is 65.2 Å². The van der Waals surface area contributed by atoms with Gasteiger partial charge in [0.05, 0.1) is 5.56 Å². The van der Waals surface area contributed by atoms with E-state index in [1.807, 2.05) is 0 Å². The van der Waals surface area contributed by atoms with Crippen LogP contribution in [0, 0.1) is 23.3 Å². The molecule has 0 aromatic heterocycles. The molecular weight excluding hydrogens is 303 g/mol. The van der Waals surface area contributed by atoms with Gasteiger partial charge in [-0.1, -0.05) is 30.3 Å². The van der Waals surface area contributed by atoms with Crippen LogP contribution in [0.2, 0.25) is 0 Å². The summed E-state index contributed by atoms with van der Waals surface area (Å²) in [5.74, 6) is -6.35. The van der Waals surface area contributed by atoms with Gasteiger partial charge in [-0.2, -0.15) is 13.2 Å². The Morgan fingerprint density at radius 2 is 1.29 bits per heavy atom. The van der Waals surface area contributed by atoms with Gasteiger partial charge in [-0.15, -0.1) is 0 Å². The van der Waals surface area contributed by atoms with Gasteiger partial charge in [-0.3, -0.25) is 0 Å². The van der Waals surface area contributed by atoms with Crippen LogP contribution in [0.5, 0.6) is 0 Å². The number of rotatable bonds is 0. The molecule has 1 nitrogen and oxygen atoms in total. The average molecular weight is 311 g/mol. The zero-order valence-corrected chi connectivity index (χ0v) is 10.2. The van der Waals surface area contributed by atoms with E-state index in [0.29, 0.717) is 0 Å². The fourth-order valence-corrected chi connectivity index (χ4v) is 1.21. The first-order valence-electron chi connectivity index (χ1n) is 5.35. The Morgan fingerprint density at radius 1 is 0.762 bits per heavy atom. The second-order valence-corrected chi connectivity index (χ2v) is 3.75. The molecular formula is C13H8F7N. The predicted molar refractivity (Wildman–Crippen MR) is 62.1 cm³/mol. The van der Waals surface area contributed by atoms with Gasteiger partial charge < -0.3 is 5.73 Å². The number of nitrogens with two attached hydrogens (primary N) is 1. The summed E-state index contributed by atoms with van der Waals surface area (Å²) in [6.45, 7) is 0. The maximum Gasteiger partial charge on any atom is 0.416 e. The van der Waals surface area contributed by atoms with Crippen LogP contribution in [-0.4, -0.2) is 0 Å². The molecule has 21 heavy (non-hydrogen) atoms. The van der Waals surface area contributed by atoms with Crippen molar-refractivity contribution in [1.29, 1.82) is 0 Å². The third-order valence-electron chi connectivity index (χ3n) is 2.25. The Balaban J connectivity index is 0.000000211. The van der Waals surface area contributed by atoms with E-state index in [1.165, 1.54) is 12.1 Å². The normalized spacial score (nSPS) is 10.8. The molecule has 0 amide bonds. The number of halogens is 7. The first kappa shape index (κ1) is 16.8. The third-order valence-corrected chi connectivity index (χ3v) is 2.25. The van der Waals surface area contributed by atoms with Crippen LogP contribution in [0.3, 0.4) is 0 Å². The smallest absolute Gasteiger partial charge is 0.394 e. The van der Waals surface area contributed by atoms with Gasteiger partial charge in [0, 0.05) is 6.07 Å². The monoisotopic (exact) mass is 311 g/mol. The van der Waals surface area contributed by atoms with Crippen molar-refractivity contribution >= 4 is 5.69 Å². The lowest BCUT2D eigenvalue weighted by Crippen LogP contribution is -2.03. The minimum absolute atomic E-state index is 0.188. The highest BCUT2D eigenvalue weighted by Crippen LogP contribution is 2.28. The van der Waals surface area contributed by atoms with E-state index in [0.717, 1.165) is 12.1 Å². The highest BCUT2D eigenvalue weighted by molar-refractivity contribution is 5.41. The topological polar surface area (TPSA) is 26.0 Å². The lowest BCUT2D eigenvalue weighted by molar-refractivity contribution is -0.137. The van der Waals surface area contributed by atoms with Crippen molar-refractivity contribution in [3.63, 3.8) is 0 Å². The summed E-state index contributed by atoms with van der Waals surface area (Å²) < 4.78 is 84.2. The molecule has 114 valence electrons. The molecule has 0 unspecified atom stereocenters. The molecule has 0 radical (unpaired) electrons. The van der Waals surface area contributed by atoms with Gasteiger partial charge in [0.1, 0.15) is 5.69 Å². The van der Waals surface area contributed by atoms with Gasteiger partial charge in [0.25, 0.3) is 0 Å². The summed E-state index contributed by atoms with van der Waals surface area (Å²) in [6.07, 6.45) is -4.21. The number of benzene rings is 2. The maximum atomic E-state index is 12.3. The molecule has 2 rings (SSSR count). The average Bonchev–Trinajstić information content (AvgIpc) is 2.44. The standard InChI is InChI=1S/C7H5F3.C6H3F4N/c8-7(9,10)6-4-2-1-3-5-6;7-2-1-3(8)6(11)5(10)4(2)9/h1-5H;1H,11H2. The van der Waals surface area contributed by atoms with Crippen LogP contribution < -0.4 is 5.73 Å². The first-order chi connectivity index (χ1) is 9.64. The number of hydrogen-bond donors (Lipinski definition) is 1. The zero-order valence-electron chi connectivity index (χ0n) is 10.2. The van der Waals surface area contributed by atoms with E-state index in [1.54, 1.807) is 6.07 Å². The van der Waals surface area contributed by atoms with Gasteiger partial charge in [0.2, 0.25) is 0 Å². The van der Waals surface area contributed by atoms with E-state index in [9.17, 15) is 30.7 Å². The van der Waals surface area contributed by atoms with Crippen molar-refractivity contribution < 1.29 is 30.7 Å². The molecule has 0 fully saturated rings. The molecule has 0 heterocycles. The molecule has 0 saturated carbocycles. The molecule has 0 saturated heterocycles. The van der Waals surface area contributed by atoms with Crippen molar-refractivity contribution in [2.24, 2.45) is 0 Å². The fourth-order valence-electron chi connectivity index (χ4n) is 1.21. The van der Waals surface area contributed by atoms with Gasteiger partial charge in [-0.05, 0) is 0 Å². The van der Waals surface area contributed by atoms with Crippen LogP contribution in [0.1, 0.15) is 5.56 Å². The maximum absolute atomic E-state index is 12.3. The van der Waals surface area contributed by atoms with Crippen molar-refractivity contribution in [2.75, 3.05) is 5.73 Å². The molecule has 2 aromatic carbocycles. The van der Waals surface area contributed by atoms with Crippen LogP contribution in [0.15, 0.2) is 36.4 Å². The zero-order chi connectivity index (χ0) is 16.2. The van der Waals surface area contributed by atoms with E-state index >= 15 is 0 Å². The molecule has 0 aliphatic rings. The third kappa shape index (κ3) is 4.37. The molecule has 0 bridgehead atoms. The van der Waals surface area contributed by atoms with Crippen molar-refractivity contribution in [2.45, 2.75) is 6.18 Å². The number of anilines is 1. The molecule has 2 aromatic rings. The lowest BCUT2D eigenvalue weighted by atomic mass is 10.2. The first-order valence-corrected chi connectivity index (χ1v) is 5.35. The second kappa shape index (κ2) is 6.47. The van der Waals surface area contributed by atoms with E-state index in [4.69, 9.17) is 5.73 Å². The highest BCUT2D eigenvalue weighted by atomic mass is 19.4. The SMILES string of the molecule is FC(F)(F)c1ccccc1.Nc1c(F)cc(F)c(F)c1F. The Labute approximate surface area is 114 Å². The van der Waals surface area contributed by atoms with Crippen LogP contribution in [-0.2, 0) is 6.18 Å². The molecule has 0 aliphatic carbocycles. The largest absolute Gasteiger partial charge is 0.416 e. The van der Waals surface area contributed by atoms with E-state index in [2.05, 4.69) is 0 Å². The Kier molecular flexibility index (Phi) is 5.17. The van der Waals surface area contributed by atoms with Crippen LogP contribution in [0.25, 0.3) is 0 Å². The van der Waals surface area contributed by atoms with E-state index in [-0.39, 0.29) is 6.07 Å². The van der Waals surface area contributed by atoms with Crippen LogP contribution in [0.4, 0.5) is 36.4 Å². The Morgan fingerprint density at radius 3 is 1.71 bits per heavy atom. The molecule has 0 atom stereocenters. The fraction of sp³-hybridized carbons (Fsp3) is 0.0769. The molecule has 0 spiro atoms. The predicted octanol–water partition coefficient (Wildman–Crippen LogP) is 4.53. The summed E-state index contributed by atoms with van der Waals surface area (Å²) in [6, 6.07) is 6.55. The summed E-state index contributed by atoms with van der Waals surface area (Å²) >= 11 is 0. The van der Waals surface area contributed by atoms with Gasteiger partial charge in [0.15, 0.2) is 23.3 Å². The minimum Gasteiger partial charge on any atom is -0.394 e. The number of hydrogen-bond acceptors (Lipinski definition) is 1. The summed E-state index contributed by atoms with van der Waals surface area (Å²) in [5.41, 5.74) is 3.08. The van der Waals surface area contributed by atoms with Gasteiger partial charge >= 0.3 is 6.18 Å². The number of nitrogen functional groups attached to an aromatic ring is 1. The lowest BCUT2D eigenvalue weighted by Gasteiger charge is -2.03. The summed E-state index contributed by atoms with van der Waals surface area (Å²) in [4.78, 5) is 0. The van der Waals surface area contributed by atoms with Crippen LogP contribution >= 0.6 is 0 Å². The van der Waals surface area contributed by atoms with E-state index < -0.39 is 40.7 Å². The molecule has 2 N–H and O–H groups in total. The van der Waals surface area contributed by atoms with Crippen molar-refractivity contribution in [1.82, 2.24) is 0 Å². The Bertz CT molecular complexity index is 582. The van der Waals surface area contributed by atoms with Gasteiger partial charge in [-0.25, -0.2) is 17.6 Å². The highest BCUT2D eigenvalue weighted by Gasteiger charge is 2.29. The quantitative estimate of drug-likeness (QED) is 0.329. The van der Waals surface area contributed by atoms with Crippen molar-refractivity contribution in [3.8, 4) is 0 Å². The molecule has 8 heteroatoms. The second-order valence-electron chi connectivity index (χ2n) is 3.75. The number of alkyl halides is 3. The minimum atomic E-state index is -4.21.